The molecule has 128 valence electrons. The van der Waals surface area contributed by atoms with Crippen LogP contribution in [0, 0.1) is 6.92 Å². The van der Waals surface area contributed by atoms with Crippen LogP contribution in [0.15, 0.2) is 72.8 Å². The molecule has 6 rings (SSSR count). The van der Waals surface area contributed by atoms with Gasteiger partial charge in [-0.05, 0) is 28.5 Å². The largest absolute Gasteiger partial charge is 0.327 e. The molecule has 1 heterocycles. The highest BCUT2D eigenvalue weighted by Crippen LogP contribution is 2.41. The number of aryl methyl sites for hydroxylation is 2. The van der Waals surface area contributed by atoms with Crippen molar-refractivity contribution in [2.45, 2.75) is 6.92 Å². The molecule has 0 aliphatic rings. The number of rotatable bonds is 1. The Balaban J connectivity index is 1.88. The smallest absolute Gasteiger partial charge is 0.140 e. The Morgan fingerprint density at radius 3 is 2.04 bits per heavy atom. The third-order valence-electron chi connectivity index (χ3n) is 5.80. The van der Waals surface area contributed by atoms with Crippen molar-refractivity contribution >= 4 is 43.4 Å². The number of benzene rings is 5. The molecule has 0 amide bonds. The van der Waals surface area contributed by atoms with E-state index < -0.39 is 0 Å². The second-order valence-electron chi connectivity index (χ2n) is 7.43. The fourth-order valence-electron chi connectivity index (χ4n) is 4.51. The molecular weight excluding hydrogens is 328 g/mol. The van der Waals surface area contributed by atoms with Crippen LogP contribution in [-0.2, 0) is 7.05 Å². The SMILES string of the molecule is Cc1ccc(-c2nc3c4cccc5ccc6cccc(c6c54)c3n2C)cc1. The van der Waals surface area contributed by atoms with Crippen molar-refractivity contribution in [1.82, 2.24) is 9.55 Å². The summed E-state index contributed by atoms with van der Waals surface area (Å²) in [4.78, 5) is 5.12. The third kappa shape index (κ3) is 1.87. The van der Waals surface area contributed by atoms with E-state index in [1.807, 2.05) is 0 Å². The summed E-state index contributed by atoms with van der Waals surface area (Å²) in [5.41, 5.74) is 4.72. The first-order chi connectivity index (χ1) is 13.2. The molecular formula is C25H18N2. The van der Waals surface area contributed by atoms with Crippen LogP contribution in [-0.4, -0.2) is 9.55 Å². The fraction of sp³-hybridized carbons (Fsp3) is 0.0800. The molecule has 5 aromatic carbocycles. The lowest BCUT2D eigenvalue weighted by atomic mass is 9.93. The Kier molecular flexibility index (Phi) is 2.77. The van der Waals surface area contributed by atoms with Gasteiger partial charge < -0.3 is 4.57 Å². The summed E-state index contributed by atoms with van der Waals surface area (Å²) in [6.45, 7) is 2.12. The molecule has 0 atom stereocenters. The maximum absolute atomic E-state index is 5.12. The van der Waals surface area contributed by atoms with Gasteiger partial charge in [0.2, 0.25) is 0 Å². The monoisotopic (exact) mass is 346 g/mol. The minimum atomic E-state index is 1.02. The molecule has 2 nitrogen and oxygen atoms in total. The number of nitrogens with zero attached hydrogens (tertiary/aromatic N) is 2. The van der Waals surface area contributed by atoms with Crippen LogP contribution >= 0.6 is 0 Å². The first-order valence-corrected chi connectivity index (χ1v) is 9.31. The van der Waals surface area contributed by atoms with Crippen LogP contribution in [0.2, 0.25) is 0 Å². The van der Waals surface area contributed by atoms with Gasteiger partial charge >= 0.3 is 0 Å². The highest BCUT2D eigenvalue weighted by Gasteiger charge is 2.18. The molecule has 27 heavy (non-hydrogen) atoms. The average Bonchev–Trinajstić information content (AvgIpc) is 3.05. The lowest BCUT2D eigenvalue weighted by molar-refractivity contribution is 0.962. The minimum absolute atomic E-state index is 1.02. The number of hydrogen-bond acceptors (Lipinski definition) is 1. The Labute approximate surface area is 157 Å². The number of hydrogen-bond donors (Lipinski definition) is 0. The predicted molar refractivity (Wildman–Crippen MR) is 115 cm³/mol. The van der Waals surface area contributed by atoms with Gasteiger partial charge in [-0.2, -0.15) is 0 Å². The van der Waals surface area contributed by atoms with Crippen LogP contribution in [0.4, 0.5) is 0 Å². The molecule has 0 N–H and O–H groups in total. The molecule has 0 radical (unpaired) electrons. The summed E-state index contributed by atoms with van der Waals surface area (Å²) in [5.74, 6) is 1.02. The summed E-state index contributed by atoms with van der Waals surface area (Å²) in [6.07, 6.45) is 0. The highest BCUT2D eigenvalue weighted by molar-refractivity contribution is 6.32. The Bertz CT molecular complexity index is 1470. The number of fused-ring (bicyclic) bond motifs is 3. The molecule has 0 aliphatic heterocycles. The van der Waals surface area contributed by atoms with Gasteiger partial charge in [0.1, 0.15) is 5.82 Å². The lowest BCUT2D eigenvalue weighted by Crippen LogP contribution is -1.93. The van der Waals surface area contributed by atoms with Gasteiger partial charge in [0.15, 0.2) is 0 Å². The van der Waals surface area contributed by atoms with Crippen LogP contribution in [0.5, 0.6) is 0 Å². The minimum Gasteiger partial charge on any atom is -0.327 e. The zero-order valence-corrected chi connectivity index (χ0v) is 15.3. The maximum Gasteiger partial charge on any atom is 0.140 e. The van der Waals surface area contributed by atoms with E-state index in [2.05, 4.69) is 91.3 Å². The van der Waals surface area contributed by atoms with E-state index in [0.29, 0.717) is 0 Å². The second kappa shape index (κ2) is 5.08. The van der Waals surface area contributed by atoms with Gasteiger partial charge in [-0.3, -0.25) is 0 Å². The third-order valence-corrected chi connectivity index (χ3v) is 5.80. The predicted octanol–water partition coefficient (Wildman–Crippen LogP) is 6.45. The topological polar surface area (TPSA) is 17.8 Å². The van der Waals surface area contributed by atoms with Crippen LogP contribution in [0.3, 0.4) is 0 Å². The lowest BCUT2D eigenvalue weighted by Gasteiger charge is -2.12. The first-order valence-electron chi connectivity index (χ1n) is 9.31. The van der Waals surface area contributed by atoms with Crippen molar-refractivity contribution in [2.24, 2.45) is 7.05 Å². The molecule has 1 aromatic heterocycles. The molecule has 0 aliphatic carbocycles. The summed E-state index contributed by atoms with van der Waals surface area (Å²) in [6, 6.07) is 26.2. The summed E-state index contributed by atoms with van der Waals surface area (Å²) in [5, 5.41) is 7.75. The summed E-state index contributed by atoms with van der Waals surface area (Å²) >= 11 is 0. The Morgan fingerprint density at radius 1 is 0.704 bits per heavy atom. The molecule has 0 spiro atoms. The maximum atomic E-state index is 5.12. The summed E-state index contributed by atoms with van der Waals surface area (Å²) in [7, 11) is 2.13. The number of aromatic nitrogens is 2. The van der Waals surface area contributed by atoms with E-state index >= 15 is 0 Å². The van der Waals surface area contributed by atoms with Gasteiger partial charge in [-0.25, -0.2) is 4.98 Å². The van der Waals surface area contributed by atoms with Gasteiger partial charge in [0, 0.05) is 23.4 Å². The van der Waals surface area contributed by atoms with Gasteiger partial charge in [0.05, 0.1) is 11.0 Å². The van der Waals surface area contributed by atoms with Gasteiger partial charge in [-0.1, -0.05) is 78.4 Å². The quantitative estimate of drug-likeness (QED) is 0.313. The van der Waals surface area contributed by atoms with Crippen molar-refractivity contribution in [1.29, 1.82) is 0 Å². The van der Waals surface area contributed by atoms with Gasteiger partial charge in [0.25, 0.3) is 0 Å². The van der Waals surface area contributed by atoms with Crippen molar-refractivity contribution in [3.05, 3.63) is 78.4 Å². The van der Waals surface area contributed by atoms with E-state index in [1.165, 1.54) is 43.4 Å². The molecule has 0 unspecified atom stereocenters. The molecule has 0 bridgehead atoms. The van der Waals surface area contributed by atoms with E-state index in [-0.39, 0.29) is 0 Å². The van der Waals surface area contributed by atoms with Crippen molar-refractivity contribution < 1.29 is 0 Å². The van der Waals surface area contributed by atoms with Crippen molar-refractivity contribution in [3.8, 4) is 11.4 Å². The zero-order valence-electron chi connectivity index (χ0n) is 15.3. The van der Waals surface area contributed by atoms with Crippen LogP contribution < -0.4 is 0 Å². The average molecular weight is 346 g/mol. The zero-order chi connectivity index (χ0) is 18.1. The van der Waals surface area contributed by atoms with E-state index in [4.69, 9.17) is 4.98 Å². The van der Waals surface area contributed by atoms with E-state index in [9.17, 15) is 0 Å². The van der Waals surface area contributed by atoms with Crippen molar-refractivity contribution in [2.75, 3.05) is 0 Å². The van der Waals surface area contributed by atoms with Crippen molar-refractivity contribution in [3.63, 3.8) is 0 Å². The molecule has 0 saturated carbocycles. The summed E-state index contributed by atoms with van der Waals surface area (Å²) < 4.78 is 2.25. The van der Waals surface area contributed by atoms with Gasteiger partial charge in [-0.15, -0.1) is 0 Å². The molecule has 0 fully saturated rings. The molecule has 0 saturated heterocycles. The normalized spacial score (nSPS) is 12.1. The fourth-order valence-corrected chi connectivity index (χ4v) is 4.51. The first kappa shape index (κ1) is 14.7. The highest BCUT2D eigenvalue weighted by atomic mass is 15.1. The van der Waals surface area contributed by atoms with Crippen LogP contribution in [0.25, 0.3) is 54.7 Å². The molecule has 6 aromatic rings. The Hall–Kier alpha value is -3.39. The Morgan fingerprint density at radius 2 is 1.33 bits per heavy atom. The second-order valence-corrected chi connectivity index (χ2v) is 7.43. The van der Waals surface area contributed by atoms with E-state index in [0.717, 1.165) is 16.9 Å². The standard InChI is InChI=1S/C25H18N2/c1-15-9-11-18(12-10-15)25-26-23-19-7-3-5-16-13-14-17-6-4-8-20(22(17)21(16)19)24(23)27(25)2/h3-14H,1-2H3. The molecule has 2 heteroatoms. The van der Waals surface area contributed by atoms with Crippen LogP contribution in [0.1, 0.15) is 5.56 Å². The number of imidazole rings is 1. The van der Waals surface area contributed by atoms with E-state index in [1.54, 1.807) is 0 Å².